The molecule has 14 nitrogen and oxygen atoms in total. The van der Waals surface area contributed by atoms with Gasteiger partial charge in [0.1, 0.15) is 10.5 Å². The van der Waals surface area contributed by atoms with Crippen molar-refractivity contribution in [3.8, 4) is 23.0 Å². The molecule has 15 heteroatoms. The molecule has 1 aromatic heterocycles. The number of benzene rings is 3. The highest BCUT2D eigenvalue weighted by Gasteiger charge is 2.39. The number of hydrogen-bond acceptors (Lipinski definition) is 12. The predicted molar refractivity (Wildman–Crippen MR) is 168 cm³/mol. The molecule has 3 aromatic carbocycles. The van der Waals surface area contributed by atoms with Crippen LogP contribution in [0.1, 0.15) is 17.0 Å². The molecule has 46 heavy (non-hydrogen) atoms. The molecule has 0 spiro atoms. The van der Waals surface area contributed by atoms with Crippen molar-refractivity contribution in [2.24, 2.45) is 5.73 Å². The maximum atomic E-state index is 14.2. The molecule has 5 rings (SSSR count). The van der Waals surface area contributed by atoms with Gasteiger partial charge in [-0.05, 0) is 47.5 Å². The average molecular weight is 647 g/mol. The van der Waals surface area contributed by atoms with E-state index in [0.29, 0.717) is 5.56 Å². The number of aromatic nitrogens is 1. The zero-order chi connectivity index (χ0) is 33.3. The third kappa shape index (κ3) is 5.61. The molecule has 0 saturated carbocycles. The molecule has 1 atom stereocenters. The van der Waals surface area contributed by atoms with Gasteiger partial charge in [-0.1, -0.05) is 18.2 Å². The van der Waals surface area contributed by atoms with Crippen LogP contribution in [0.5, 0.6) is 23.0 Å². The summed E-state index contributed by atoms with van der Waals surface area (Å²) in [7, 11) is 3.81. The third-order valence-corrected chi connectivity index (χ3v) is 8.26. The molecule has 1 aliphatic rings. The van der Waals surface area contributed by atoms with E-state index in [1.54, 1.807) is 6.07 Å². The quantitative estimate of drug-likeness (QED) is 0.124. The summed E-state index contributed by atoms with van der Waals surface area (Å²) in [4.78, 5) is 52.2. The number of hydrogen-bond donors (Lipinski definition) is 4. The first-order valence-corrected chi connectivity index (χ1v) is 14.2. The minimum atomic E-state index is -1.25. The second kappa shape index (κ2) is 12.5. The molecule has 0 fully saturated rings. The monoisotopic (exact) mass is 646 g/mol. The number of carbonyl (C=O) groups excluding carboxylic acids is 2. The molecule has 0 saturated heterocycles. The van der Waals surface area contributed by atoms with E-state index in [1.165, 1.54) is 68.8 Å². The lowest BCUT2D eigenvalue weighted by Crippen LogP contribution is -2.42. The van der Waals surface area contributed by atoms with Crippen LogP contribution in [-0.2, 0) is 14.3 Å². The lowest BCUT2D eigenvalue weighted by Gasteiger charge is -2.27. The van der Waals surface area contributed by atoms with Crippen LogP contribution < -0.4 is 35.3 Å². The van der Waals surface area contributed by atoms with Gasteiger partial charge in [0.2, 0.25) is 0 Å². The molecule has 1 amide bonds. The second-order valence-corrected chi connectivity index (χ2v) is 10.8. The zero-order valence-corrected chi connectivity index (χ0v) is 25.3. The van der Waals surface area contributed by atoms with E-state index in [0.717, 1.165) is 29.1 Å². The largest absolute Gasteiger partial charge is 0.504 e. The Bertz CT molecular complexity index is 2130. The fraction of sp³-hybridized carbons (Fsp3) is 0.129. The number of non-ortho nitro benzene ring substituents is 1. The standard InChI is InChI=1S/C31H26N4O10S/c1-43-21-11-15(7-9-19(21)36)12-23-29(39)34-27(32)25(31(40)45-3)24(16-8-10-20(37)22(13-16)44-2)26(30(34)46-23)28(38)33-17-5-4-6-18(14-17)35(41)42/h4-14,24,36-37H,32H2,1-3H3,(H,33,38)/b23-12+. The van der Waals surface area contributed by atoms with Crippen molar-refractivity contribution in [2.75, 3.05) is 26.6 Å². The van der Waals surface area contributed by atoms with Crippen molar-refractivity contribution in [3.63, 3.8) is 0 Å². The number of methoxy groups -OCH3 is 3. The van der Waals surface area contributed by atoms with Crippen molar-refractivity contribution in [3.05, 3.63) is 107 Å². The first kappa shape index (κ1) is 31.3. The van der Waals surface area contributed by atoms with Crippen LogP contribution in [0.2, 0.25) is 0 Å². The minimum Gasteiger partial charge on any atom is -0.504 e. The van der Waals surface area contributed by atoms with Crippen LogP contribution >= 0.6 is 11.3 Å². The molecular weight excluding hydrogens is 620 g/mol. The number of fused-ring (bicyclic) bond motifs is 1. The molecule has 1 aliphatic heterocycles. The Kier molecular flexibility index (Phi) is 8.51. The third-order valence-electron chi connectivity index (χ3n) is 7.15. The van der Waals surface area contributed by atoms with E-state index in [9.17, 15) is 34.7 Å². The number of esters is 1. The van der Waals surface area contributed by atoms with Crippen LogP contribution in [0.4, 0.5) is 11.4 Å². The molecule has 1 unspecified atom stereocenters. The van der Waals surface area contributed by atoms with Gasteiger partial charge in [0.15, 0.2) is 23.0 Å². The number of ether oxygens (including phenoxy) is 3. The Morgan fingerprint density at radius 1 is 1.00 bits per heavy atom. The Balaban J connectivity index is 1.84. The van der Waals surface area contributed by atoms with Gasteiger partial charge in [0, 0.05) is 17.8 Å². The molecular formula is C31H26N4O10S. The number of nitrogens with zero attached hydrogens (tertiary/aromatic N) is 2. The summed E-state index contributed by atoms with van der Waals surface area (Å²) in [6.45, 7) is 0. The highest BCUT2D eigenvalue weighted by atomic mass is 32.1. The summed E-state index contributed by atoms with van der Waals surface area (Å²) in [5.74, 6) is -3.43. The summed E-state index contributed by atoms with van der Waals surface area (Å²) < 4.78 is 16.7. The van der Waals surface area contributed by atoms with Crippen molar-refractivity contribution in [2.45, 2.75) is 5.92 Å². The van der Waals surface area contributed by atoms with Gasteiger partial charge in [-0.2, -0.15) is 0 Å². The van der Waals surface area contributed by atoms with E-state index in [4.69, 9.17) is 19.9 Å². The van der Waals surface area contributed by atoms with E-state index < -0.39 is 28.3 Å². The van der Waals surface area contributed by atoms with Gasteiger partial charge < -0.3 is 35.5 Å². The summed E-state index contributed by atoms with van der Waals surface area (Å²) in [5.41, 5.74) is 6.05. The maximum absolute atomic E-state index is 14.2. The normalized spacial score (nSPS) is 14.5. The number of thiazole rings is 1. The highest BCUT2D eigenvalue weighted by Crippen LogP contribution is 2.40. The molecule has 0 aliphatic carbocycles. The Hall–Kier alpha value is -6.09. The summed E-state index contributed by atoms with van der Waals surface area (Å²) in [5, 5.41) is 34.3. The number of rotatable bonds is 8. The van der Waals surface area contributed by atoms with Crippen molar-refractivity contribution < 1.29 is 38.9 Å². The van der Waals surface area contributed by atoms with Crippen LogP contribution in [0.3, 0.4) is 0 Å². The van der Waals surface area contributed by atoms with Gasteiger partial charge >= 0.3 is 5.97 Å². The summed E-state index contributed by atoms with van der Waals surface area (Å²) in [6.07, 6.45) is 1.50. The molecule has 5 N–H and O–H groups in total. The molecule has 4 aromatic rings. The fourth-order valence-corrected chi connectivity index (χ4v) is 6.19. The van der Waals surface area contributed by atoms with Crippen LogP contribution in [0.15, 0.2) is 71.0 Å². The first-order valence-electron chi connectivity index (χ1n) is 13.3. The first-order chi connectivity index (χ1) is 22.0. The Morgan fingerprint density at radius 3 is 2.33 bits per heavy atom. The summed E-state index contributed by atoms with van der Waals surface area (Å²) >= 11 is 0.905. The average Bonchev–Trinajstić information content (AvgIpc) is 3.36. The number of carbonyl (C=O) groups is 2. The number of nitro benzene ring substituents is 1. The lowest BCUT2D eigenvalue weighted by atomic mass is 9.82. The Morgan fingerprint density at radius 2 is 1.67 bits per heavy atom. The van der Waals surface area contributed by atoms with E-state index in [-0.39, 0.29) is 66.1 Å². The fourth-order valence-electron chi connectivity index (χ4n) is 5.02. The van der Waals surface area contributed by atoms with Crippen LogP contribution in [0.25, 0.3) is 17.5 Å². The van der Waals surface area contributed by atoms with Gasteiger partial charge in [-0.25, -0.2) is 4.79 Å². The Labute approximate surface area is 263 Å². The van der Waals surface area contributed by atoms with E-state index >= 15 is 0 Å². The van der Waals surface area contributed by atoms with Crippen LogP contribution in [0, 0.1) is 10.1 Å². The molecule has 2 heterocycles. The number of nitro groups is 1. The van der Waals surface area contributed by atoms with E-state index in [1.807, 2.05) is 0 Å². The van der Waals surface area contributed by atoms with Crippen molar-refractivity contribution in [1.82, 2.24) is 4.57 Å². The number of phenolic OH excluding ortho intramolecular Hbond substituents is 2. The number of amides is 1. The predicted octanol–water partition coefficient (Wildman–Crippen LogP) is 1.96. The lowest BCUT2D eigenvalue weighted by molar-refractivity contribution is -0.384. The van der Waals surface area contributed by atoms with Gasteiger partial charge in [-0.3, -0.25) is 24.3 Å². The number of aromatic hydroxyl groups is 2. The smallest absolute Gasteiger partial charge is 0.338 e. The molecule has 0 radical (unpaired) electrons. The van der Waals surface area contributed by atoms with Crippen molar-refractivity contribution >= 4 is 52.1 Å². The van der Waals surface area contributed by atoms with E-state index in [2.05, 4.69) is 5.32 Å². The number of nitrogens with one attached hydrogen (secondary N) is 1. The number of phenols is 2. The van der Waals surface area contributed by atoms with Gasteiger partial charge in [-0.15, -0.1) is 11.3 Å². The van der Waals surface area contributed by atoms with Gasteiger partial charge in [0.25, 0.3) is 17.2 Å². The zero-order valence-electron chi connectivity index (χ0n) is 24.5. The number of anilines is 1. The molecule has 236 valence electrons. The maximum Gasteiger partial charge on any atom is 0.338 e. The SMILES string of the molecule is COC(=O)C1=C(N)n2c(s/c(=C/c3ccc(O)c(OC)c3)c2=O)=C(C(=O)Nc2cccc([N+](=O)[O-])c2)C1c1ccc(O)c(OC)c1. The van der Waals surface area contributed by atoms with Crippen LogP contribution in [-0.4, -0.2) is 52.9 Å². The van der Waals surface area contributed by atoms with Gasteiger partial charge in [0.05, 0.1) is 47.8 Å². The van der Waals surface area contributed by atoms with Crippen molar-refractivity contribution in [1.29, 1.82) is 0 Å². The minimum absolute atomic E-state index is 0.0307. The second-order valence-electron chi connectivity index (χ2n) is 9.82. The number of nitrogens with two attached hydrogens (primary N) is 1. The topological polar surface area (TPSA) is 205 Å². The highest BCUT2D eigenvalue weighted by molar-refractivity contribution is 7.07. The summed E-state index contributed by atoms with van der Waals surface area (Å²) in [6, 6.07) is 13.9. The molecule has 0 bridgehead atoms.